The Hall–Kier alpha value is -1.55. The second kappa shape index (κ2) is 4.53. The molecule has 0 aliphatic heterocycles. The summed E-state index contributed by atoms with van der Waals surface area (Å²) in [5, 5.41) is 1.85. The zero-order chi connectivity index (χ0) is 11.5. The first kappa shape index (κ1) is 11.0. The number of halogens is 1. The van der Waals surface area contributed by atoms with Gasteiger partial charge in [0.05, 0.1) is 16.6 Å². The quantitative estimate of drug-likeness (QED) is 0.765. The summed E-state index contributed by atoms with van der Waals surface area (Å²) < 4.78 is 13.4. The number of carbonyl (C=O) groups is 1. The van der Waals surface area contributed by atoms with Gasteiger partial charge in [-0.3, -0.25) is 9.78 Å². The largest absolute Gasteiger partial charge is 0.288 e. The number of carbonyl (C=O) groups excluding carboxylic acids is 1. The molecule has 0 aromatic carbocycles. The zero-order valence-corrected chi connectivity index (χ0v) is 9.55. The van der Waals surface area contributed by atoms with Crippen molar-refractivity contribution in [3.8, 4) is 0 Å². The Labute approximate surface area is 96.8 Å². The van der Waals surface area contributed by atoms with Crippen molar-refractivity contribution in [3.63, 3.8) is 0 Å². The van der Waals surface area contributed by atoms with Gasteiger partial charge in [0.2, 0.25) is 5.78 Å². The summed E-state index contributed by atoms with van der Waals surface area (Å²) in [7, 11) is 0. The average Bonchev–Trinajstić information content (AvgIpc) is 2.77. The Morgan fingerprint density at radius 3 is 3.00 bits per heavy atom. The van der Waals surface area contributed by atoms with Gasteiger partial charge in [-0.05, 0) is 29.5 Å². The summed E-state index contributed by atoms with van der Waals surface area (Å²) in [6, 6.07) is 3.31. The number of rotatable bonds is 3. The van der Waals surface area contributed by atoms with E-state index in [0.717, 1.165) is 18.2 Å². The van der Waals surface area contributed by atoms with Crippen molar-refractivity contribution in [2.45, 2.75) is 13.3 Å². The molecule has 82 valence electrons. The molecule has 0 unspecified atom stereocenters. The number of thiophene rings is 1. The van der Waals surface area contributed by atoms with Crippen molar-refractivity contribution in [1.82, 2.24) is 4.98 Å². The lowest BCUT2D eigenvalue weighted by Gasteiger charge is -2.01. The molecule has 0 saturated carbocycles. The number of hydrogen-bond acceptors (Lipinski definition) is 3. The molecule has 0 aliphatic rings. The second-order valence-corrected chi connectivity index (χ2v) is 4.23. The van der Waals surface area contributed by atoms with Crippen LogP contribution in [0.2, 0.25) is 0 Å². The average molecular weight is 235 g/mol. The number of ketones is 1. The van der Waals surface area contributed by atoms with Crippen molar-refractivity contribution >= 4 is 17.1 Å². The van der Waals surface area contributed by atoms with Gasteiger partial charge < -0.3 is 0 Å². The fourth-order valence-electron chi connectivity index (χ4n) is 1.49. The van der Waals surface area contributed by atoms with Crippen molar-refractivity contribution < 1.29 is 9.18 Å². The minimum atomic E-state index is -0.567. The van der Waals surface area contributed by atoms with E-state index in [2.05, 4.69) is 4.98 Å². The summed E-state index contributed by atoms with van der Waals surface area (Å²) in [4.78, 5) is 16.3. The fourth-order valence-corrected chi connectivity index (χ4v) is 2.44. The van der Waals surface area contributed by atoms with Crippen LogP contribution in [0.5, 0.6) is 0 Å². The maximum absolute atomic E-state index is 13.4. The highest BCUT2D eigenvalue weighted by molar-refractivity contribution is 7.12. The van der Waals surface area contributed by atoms with E-state index in [1.54, 1.807) is 0 Å². The molecule has 4 heteroatoms. The molecule has 2 rings (SSSR count). The summed E-state index contributed by atoms with van der Waals surface area (Å²) in [6.45, 7) is 1.97. The molecule has 0 N–H and O–H groups in total. The zero-order valence-electron chi connectivity index (χ0n) is 8.74. The number of pyridine rings is 1. The van der Waals surface area contributed by atoms with Gasteiger partial charge in [-0.15, -0.1) is 11.3 Å². The van der Waals surface area contributed by atoms with Crippen molar-refractivity contribution in [2.75, 3.05) is 0 Å². The van der Waals surface area contributed by atoms with E-state index in [9.17, 15) is 9.18 Å². The second-order valence-electron chi connectivity index (χ2n) is 3.31. The van der Waals surface area contributed by atoms with E-state index in [1.807, 2.05) is 18.4 Å². The van der Waals surface area contributed by atoms with Crippen molar-refractivity contribution in [1.29, 1.82) is 0 Å². The summed E-state index contributed by atoms with van der Waals surface area (Å²) >= 11 is 1.35. The number of hydrogen-bond donors (Lipinski definition) is 0. The molecule has 0 spiro atoms. The highest BCUT2D eigenvalue weighted by atomic mass is 32.1. The van der Waals surface area contributed by atoms with Crippen LogP contribution in [-0.2, 0) is 6.42 Å². The van der Waals surface area contributed by atoms with Crippen LogP contribution in [-0.4, -0.2) is 10.8 Å². The molecule has 2 aromatic heterocycles. The molecular weight excluding hydrogens is 225 g/mol. The minimum absolute atomic E-state index is 0.0900. The predicted molar refractivity (Wildman–Crippen MR) is 61.3 cm³/mol. The van der Waals surface area contributed by atoms with Crippen LogP contribution in [0, 0.1) is 5.82 Å². The van der Waals surface area contributed by atoms with Crippen LogP contribution in [0.15, 0.2) is 29.9 Å². The first-order valence-electron chi connectivity index (χ1n) is 4.94. The Balaban J connectivity index is 2.44. The molecule has 0 saturated heterocycles. The minimum Gasteiger partial charge on any atom is -0.288 e. The lowest BCUT2D eigenvalue weighted by Crippen LogP contribution is -2.04. The van der Waals surface area contributed by atoms with E-state index in [0.29, 0.717) is 4.88 Å². The standard InChI is InChI=1S/C12H10FNOS/c1-2-8-4-6-16-12(8)11(15)9-3-5-14-7-10(9)13/h3-7H,2H2,1H3. The van der Waals surface area contributed by atoms with Gasteiger partial charge in [-0.2, -0.15) is 0 Å². The lowest BCUT2D eigenvalue weighted by atomic mass is 10.1. The van der Waals surface area contributed by atoms with Crippen LogP contribution in [0.25, 0.3) is 0 Å². The summed E-state index contributed by atoms with van der Waals surface area (Å²) in [6.07, 6.45) is 3.26. The molecule has 0 aliphatic carbocycles. The number of aromatic nitrogens is 1. The van der Waals surface area contributed by atoms with Crippen LogP contribution in [0.1, 0.15) is 27.7 Å². The Bertz CT molecular complexity index is 521. The third kappa shape index (κ3) is 1.88. The van der Waals surface area contributed by atoms with Gasteiger partial charge in [-0.1, -0.05) is 6.92 Å². The molecule has 0 fully saturated rings. The van der Waals surface area contributed by atoms with Gasteiger partial charge in [-0.25, -0.2) is 4.39 Å². The van der Waals surface area contributed by atoms with Gasteiger partial charge in [0.25, 0.3) is 0 Å². The fraction of sp³-hybridized carbons (Fsp3) is 0.167. The van der Waals surface area contributed by atoms with E-state index in [4.69, 9.17) is 0 Å². The van der Waals surface area contributed by atoms with Crippen LogP contribution >= 0.6 is 11.3 Å². The first-order chi connectivity index (χ1) is 7.74. The highest BCUT2D eigenvalue weighted by Gasteiger charge is 2.17. The van der Waals surface area contributed by atoms with E-state index in [-0.39, 0.29) is 11.3 Å². The van der Waals surface area contributed by atoms with Gasteiger partial charge in [0.15, 0.2) is 5.82 Å². The monoisotopic (exact) mass is 235 g/mol. The van der Waals surface area contributed by atoms with Gasteiger partial charge in [0, 0.05) is 6.20 Å². The Morgan fingerprint density at radius 2 is 2.31 bits per heavy atom. The summed E-state index contributed by atoms with van der Waals surface area (Å²) in [5.41, 5.74) is 1.05. The molecular formula is C12H10FNOS. The highest BCUT2D eigenvalue weighted by Crippen LogP contribution is 2.22. The van der Waals surface area contributed by atoms with Crippen LogP contribution < -0.4 is 0 Å². The molecule has 2 nitrogen and oxygen atoms in total. The number of nitrogens with zero attached hydrogens (tertiary/aromatic N) is 1. The van der Waals surface area contributed by atoms with Crippen molar-refractivity contribution in [2.24, 2.45) is 0 Å². The lowest BCUT2D eigenvalue weighted by molar-refractivity contribution is 0.103. The van der Waals surface area contributed by atoms with E-state index >= 15 is 0 Å². The third-order valence-corrected chi connectivity index (χ3v) is 3.31. The molecule has 0 atom stereocenters. The maximum atomic E-state index is 13.4. The predicted octanol–water partition coefficient (Wildman–Crippen LogP) is 3.08. The van der Waals surface area contributed by atoms with Crippen molar-refractivity contribution in [3.05, 3.63) is 51.7 Å². The van der Waals surface area contributed by atoms with E-state index in [1.165, 1.54) is 23.6 Å². The normalized spacial score (nSPS) is 10.4. The number of aryl methyl sites for hydroxylation is 1. The topological polar surface area (TPSA) is 30.0 Å². The third-order valence-electron chi connectivity index (χ3n) is 2.35. The van der Waals surface area contributed by atoms with E-state index < -0.39 is 5.82 Å². The SMILES string of the molecule is CCc1ccsc1C(=O)c1ccncc1F. The van der Waals surface area contributed by atoms with Crippen LogP contribution in [0.3, 0.4) is 0 Å². The molecule has 2 aromatic rings. The first-order valence-corrected chi connectivity index (χ1v) is 5.82. The van der Waals surface area contributed by atoms with Gasteiger partial charge in [0.1, 0.15) is 0 Å². The Kier molecular flexibility index (Phi) is 3.10. The molecule has 0 amide bonds. The molecule has 0 radical (unpaired) electrons. The van der Waals surface area contributed by atoms with Crippen LogP contribution in [0.4, 0.5) is 4.39 Å². The molecule has 2 heterocycles. The smallest absolute Gasteiger partial charge is 0.206 e. The summed E-state index contributed by atoms with van der Waals surface area (Å²) in [5.74, 6) is -0.824. The molecule has 16 heavy (non-hydrogen) atoms. The Morgan fingerprint density at radius 1 is 1.50 bits per heavy atom. The van der Waals surface area contributed by atoms with Gasteiger partial charge >= 0.3 is 0 Å². The maximum Gasteiger partial charge on any atom is 0.206 e. The molecule has 0 bridgehead atoms.